The maximum Gasteiger partial charge on any atom is 0.226 e. The van der Waals surface area contributed by atoms with Crippen molar-refractivity contribution in [2.24, 2.45) is 5.92 Å². The van der Waals surface area contributed by atoms with E-state index in [0.717, 1.165) is 24.1 Å². The highest BCUT2D eigenvalue weighted by Gasteiger charge is 2.26. The van der Waals surface area contributed by atoms with E-state index < -0.39 is 10.0 Å². The van der Waals surface area contributed by atoms with E-state index in [1.165, 1.54) is 10.6 Å². The highest BCUT2D eigenvalue weighted by molar-refractivity contribution is 7.88. The number of carbonyl (C=O) groups is 1. The number of hydrogen-bond acceptors (Lipinski definition) is 5. The van der Waals surface area contributed by atoms with E-state index in [9.17, 15) is 13.2 Å². The molecule has 1 aromatic rings. The van der Waals surface area contributed by atoms with E-state index in [1.807, 2.05) is 51.0 Å². The predicted octanol–water partition coefficient (Wildman–Crippen LogP) is 2.29. The summed E-state index contributed by atoms with van der Waals surface area (Å²) in [4.78, 5) is 13.9. The van der Waals surface area contributed by atoms with Gasteiger partial charge in [-0.3, -0.25) is 4.79 Å². The van der Waals surface area contributed by atoms with Gasteiger partial charge in [-0.25, -0.2) is 8.42 Å². The Morgan fingerprint density at radius 3 is 2.56 bits per heavy atom. The number of hydrogen-bond donors (Lipinski definition) is 1. The molecule has 1 heterocycles. The van der Waals surface area contributed by atoms with Crippen LogP contribution in [0.5, 0.6) is 0 Å². The molecule has 0 saturated carbocycles. The number of sulfonamides is 1. The van der Waals surface area contributed by atoms with Gasteiger partial charge in [0, 0.05) is 51.1 Å². The molecule has 1 atom stereocenters. The fourth-order valence-corrected chi connectivity index (χ4v) is 3.85. The average molecular weight is 398 g/mol. The van der Waals surface area contributed by atoms with Crippen LogP contribution in [-0.4, -0.2) is 58.2 Å². The van der Waals surface area contributed by atoms with Crippen molar-refractivity contribution in [2.45, 2.75) is 39.3 Å². The lowest BCUT2D eigenvalue weighted by atomic mass is 10.1. The van der Waals surface area contributed by atoms with Crippen LogP contribution in [0.25, 0.3) is 0 Å². The van der Waals surface area contributed by atoms with Gasteiger partial charge in [-0.05, 0) is 36.6 Å². The Hall–Kier alpha value is -1.64. The van der Waals surface area contributed by atoms with Crippen molar-refractivity contribution in [3.63, 3.8) is 0 Å². The number of carbonyl (C=O) groups excluding carboxylic acids is 1. The number of nitrogens with zero attached hydrogens (tertiary/aromatic N) is 2. The van der Waals surface area contributed by atoms with Crippen molar-refractivity contribution in [3.8, 4) is 0 Å². The molecule has 2 rings (SSSR count). The molecular formula is C19H31N3O4S. The highest BCUT2D eigenvalue weighted by atomic mass is 32.2. The minimum absolute atomic E-state index is 0.0636. The highest BCUT2D eigenvalue weighted by Crippen LogP contribution is 2.26. The van der Waals surface area contributed by atoms with Crippen molar-refractivity contribution in [1.29, 1.82) is 0 Å². The number of rotatable bonds is 8. The van der Waals surface area contributed by atoms with Crippen LogP contribution in [0.3, 0.4) is 0 Å². The molecule has 1 aliphatic rings. The van der Waals surface area contributed by atoms with Gasteiger partial charge in [0.1, 0.15) is 0 Å². The minimum atomic E-state index is -3.39. The normalized spacial score (nSPS) is 17.5. The monoisotopic (exact) mass is 397 g/mol. The maximum atomic E-state index is 12.3. The zero-order valence-corrected chi connectivity index (χ0v) is 17.7. The Kier molecular flexibility index (Phi) is 7.25. The summed E-state index contributed by atoms with van der Waals surface area (Å²) in [5.74, 6) is -0.202. The number of benzene rings is 1. The Morgan fingerprint density at radius 2 is 2.04 bits per heavy atom. The van der Waals surface area contributed by atoms with E-state index in [-0.39, 0.29) is 24.5 Å². The fraction of sp³-hybridized carbons (Fsp3) is 0.632. The van der Waals surface area contributed by atoms with Crippen molar-refractivity contribution in [1.82, 2.24) is 4.31 Å². The molecule has 27 heavy (non-hydrogen) atoms. The Labute approximate surface area is 162 Å². The molecule has 1 amide bonds. The smallest absolute Gasteiger partial charge is 0.226 e. The molecule has 7 nitrogen and oxygen atoms in total. The van der Waals surface area contributed by atoms with Crippen molar-refractivity contribution in [3.05, 3.63) is 23.8 Å². The van der Waals surface area contributed by atoms with Gasteiger partial charge in [0.05, 0.1) is 12.4 Å². The van der Waals surface area contributed by atoms with Gasteiger partial charge in [-0.1, -0.05) is 13.8 Å². The molecule has 1 fully saturated rings. The lowest BCUT2D eigenvalue weighted by molar-refractivity contribution is -0.118. The summed E-state index contributed by atoms with van der Waals surface area (Å²) in [5.41, 5.74) is 2.42. The number of ether oxygens (including phenoxy) is 1. The van der Waals surface area contributed by atoms with Crippen molar-refractivity contribution >= 4 is 27.3 Å². The Balaban J connectivity index is 2.29. The molecule has 0 spiro atoms. The standard InChI is InChI=1S/C19H31N3O4S/c1-14(2)19(23)20-16-8-9-18(21(3)4)15(11-16)12-22(27(5,24)25)13-17-7-6-10-26-17/h8-9,11,14,17H,6-7,10,12-13H2,1-5H3,(H,20,23)/t17-/m0/s1. The first-order valence-corrected chi connectivity index (χ1v) is 11.1. The van der Waals surface area contributed by atoms with Crippen LogP contribution in [0.2, 0.25) is 0 Å². The molecule has 1 aromatic carbocycles. The number of anilines is 2. The molecule has 8 heteroatoms. The molecule has 0 radical (unpaired) electrons. The summed E-state index contributed by atoms with van der Waals surface area (Å²) in [6.07, 6.45) is 2.99. The fourth-order valence-electron chi connectivity index (χ4n) is 3.04. The minimum Gasteiger partial charge on any atom is -0.377 e. The van der Waals surface area contributed by atoms with E-state index in [2.05, 4.69) is 5.32 Å². The molecule has 1 saturated heterocycles. The van der Waals surface area contributed by atoms with Gasteiger partial charge in [0.15, 0.2) is 0 Å². The topological polar surface area (TPSA) is 79.0 Å². The van der Waals surface area contributed by atoms with Crippen LogP contribution >= 0.6 is 0 Å². The summed E-state index contributed by atoms with van der Waals surface area (Å²) in [6, 6.07) is 5.59. The van der Waals surface area contributed by atoms with Gasteiger partial charge < -0.3 is 15.0 Å². The molecule has 152 valence electrons. The number of amides is 1. The summed E-state index contributed by atoms with van der Waals surface area (Å²) >= 11 is 0. The van der Waals surface area contributed by atoms with Crippen molar-refractivity contribution < 1.29 is 17.9 Å². The van der Waals surface area contributed by atoms with Gasteiger partial charge in [0.2, 0.25) is 15.9 Å². The SMILES string of the molecule is CC(C)C(=O)Nc1ccc(N(C)C)c(CN(C[C@@H]2CCCO2)S(C)(=O)=O)c1. The quantitative estimate of drug-likeness (QED) is 0.728. The lowest BCUT2D eigenvalue weighted by Gasteiger charge is -2.26. The van der Waals surface area contributed by atoms with Gasteiger partial charge in [-0.2, -0.15) is 4.31 Å². The van der Waals surface area contributed by atoms with Crippen LogP contribution in [0.4, 0.5) is 11.4 Å². The molecule has 1 N–H and O–H groups in total. The zero-order valence-electron chi connectivity index (χ0n) is 16.9. The first kappa shape index (κ1) is 21.7. The van der Waals surface area contributed by atoms with Gasteiger partial charge in [-0.15, -0.1) is 0 Å². The van der Waals surface area contributed by atoms with Crippen molar-refractivity contribution in [2.75, 3.05) is 43.7 Å². The molecule has 1 aliphatic heterocycles. The van der Waals surface area contributed by atoms with Gasteiger partial charge >= 0.3 is 0 Å². The molecule has 0 aliphatic carbocycles. The third-order valence-electron chi connectivity index (χ3n) is 4.60. The van der Waals surface area contributed by atoms with Crippen LogP contribution in [-0.2, 0) is 26.1 Å². The second-order valence-electron chi connectivity index (χ2n) is 7.57. The van der Waals surface area contributed by atoms with Crippen LogP contribution in [0, 0.1) is 5.92 Å². The summed E-state index contributed by atoms with van der Waals surface area (Å²) in [7, 11) is 0.431. The van der Waals surface area contributed by atoms with E-state index in [1.54, 1.807) is 0 Å². The molecule has 0 bridgehead atoms. The van der Waals surface area contributed by atoms with Crippen LogP contribution in [0.1, 0.15) is 32.3 Å². The van der Waals surface area contributed by atoms with Gasteiger partial charge in [0.25, 0.3) is 0 Å². The average Bonchev–Trinajstić information content (AvgIpc) is 3.06. The van der Waals surface area contributed by atoms with E-state index >= 15 is 0 Å². The maximum absolute atomic E-state index is 12.3. The molecular weight excluding hydrogens is 366 g/mol. The Morgan fingerprint density at radius 1 is 1.33 bits per heavy atom. The summed E-state index contributed by atoms with van der Waals surface area (Å²) < 4.78 is 31.8. The van der Waals surface area contributed by atoms with E-state index in [4.69, 9.17) is 4.74 Å². The first-order chi connectivity index (χ1) is 12.6. The Bertz CT molecular complexity index is 756. The summed E-state index contributed by atoms with van der Waals surface area (Å²) in [6.45, 7) is 4.92. The zero-order chi connectivity index (χ0) is 20.2. The van der Waals surface area contributed by atoms with E-state index in [0.29, 0.717) is 18.8 Å². The second kappa shape index (κ2) is 9.03. The molecule has 0 unspecified atom stereocenters. The lowest BCUT2D eigenvalue weighted by Crippen LogP contribution is -2.36. The predicted molar refractivity (Wildman–Crippen MR) is 108 cm³/mol. The first-order valence-electron chi connectivity index (χ1n) is 9.25. The van der Waals surface area contributed by atoms with Crippen LogP contribution < -0.4 is 10.2 Å². The number of nitrogens with one attached hydrogen (secondary N) is 1. The summed E-state index contributed by atoms with van der Waals surface area (Å²) in [5, 5.41) is 2.88. The third-order valence-corrected chi connectivity index (χ3v) is 5.82. The third kappa shape index (κ3) is 6.19. The van der Waals surface area contributed by atoms with Crippen LogP contribution in [0.15, 0.2) is 18.2 Å². The molecule has 0 aromatic heterocycles. The largest absolute Gasteiger partial charge is 0.377 e. The second-order valence-corrected chi connectivity index (χ2v) is 9.55.